The first kappa shape index (κ1) is 38.3. The minimum atomic E-state index is -0.0288. The minimum Gasteiger partial charge on any atom is -0.340 e. The van der Waals surface area contributed by atoms with Gasteiger partial charge < -0.3 is 18.3 Å². The van der Waals surface area contributed by atoms with Gasteiger partial charge in [0.05, 0.1) is 38.6 Å². The molecule has 0 radical (unpaired) electrons. The highest BCUT2D eigenvalue weighted by atomic mass is 15.1. The highest BCUT2D eigenvalue weighted by Crippen LogP contribution is 2.49. The van der Waals surface area contributed by atoms with Gasteiger partial charge in [-0.25, -0.2) is 0 Å². The van der Waals surface area contributed by atoms with Crippen LogP contribution < -0.4 is 4.90 Å². The number of hydrogen-bond donors (Lipinski definition) is 0. The molecule has 322 valence electrons. The van der Waals surface area contributed by atoms with Crippen molar-refractivity contribution in [3.05, 3.63) is 162 Å². The van der Waals surface area contributed by atoms with Crippen molar-refractivity contribution in [1.29, 1.82) is 0 Å². The van der Waals surface area contributed by atoms with E-state index >= 15 is 0 Å². The summed E-state index contributed by atoms with van der Waals surface area (Å²) in [5, 5.41) is 13.3. The summed E-state index contributed by atoms with van der Waals surface area (Å²) in [7, 11) is 0. The Balaban J connectivity index is 1.09. The van der Waals surface area contributed by atoms with Crippen molar-refractivity contribution < 1.29 is 0 Å². The van der Waals surface area contributed by atoms with Crippen molar-refractivity contribution in [3.8, 4) is 0 Å². The van der Waals surface area contributed by atoms with Gasteiger partial charge in [-0.3, -0.25) is 0 Å². The molecule has 4 nitrogen and oxygen atoms in total. The molecule has 0 saturated carbocycles. The van der Waals surface area contributed by atoms with Crippen molar-refractivity contribution in [2.75, 3.05) is 4.90 Å². The Morgan fingerprint density at radius 1 is 0.348 bits per heavy atom. The van der Waals surface area contributed by atoms with Gasteiger partial charge in [-0.05, 0) is 136 Å². The molecule has 0 bridgehead atoms. The summed E-state index contributed by atoms with van der Waals surface area (Å²) in [5.41, 5.74) is 19.5. The van der Waals surface area contributed by atoms with Crippen LogP contribution in [0.5, 0.6) is 0 Å². The number of nitrogens with zero attached hydrogens (tertiary/aromatic N) is 4. The fraction of sp³-hybridized carbons (Fsp3) is 0.226. The van der Waals surface area contributed by atoms with Crippen molar-refractivity contribution in [2.24, 2.45) is 0 Å². The van der Waals surface area contributed by atoms with E-state index in [9.17, 15) is 0 Å². The molecule has 1 aliphatic rings. The van der Waals surface area contributed by atoms with Gasteiger partial charge in [0.15, 0.2) is 0 Å². The molecule has 0 amide bonds. The van der Waals surface area contributed by atoms with Crippen LogP contribution in [0.1, 0.15) is 84.6 Å². The number of aryl methyl sites for hydroxylation is 2. The quantitative estimate of drug-likeness (QED) is 0.173. The first-order valence-electron chi connectivity index (χ1n) is 24.0. The van der Waals surface area contributed by atoms with Crippen LogP contribution in [0.25, 0.3) is 98.0 Å². The first-order chi connectivity index (χ1) is 31.6. The van der Waals surface area contributed by atoms with Gasteiger partial charge in [0, 0.05) is 83.0 Å². The number of hydrogen-bond acceptors (Lipinski definition) is 1. The molecular formula is C62H54N4. The van der Waals surface area contributed by atoms with Gasteiger partial charge in [-0.15, -0.1) is 0 Å². The van der Waals surface area contributed by atoms with Crippen LogP contribution in [0.15, 0.2) is 140 Å². The zero-order valence-electron chi connectivity index (χ0n) is 39.5. The Labute approximate surface area is 384 Å². The molecule has 66 heavy (non-hydrogen) atoms. The van der Waals surface area contributed by atoms with Crippen molar-refractivity contribution >= 4 is 115 Å². The number of benzene rings is 8. The van der Waals surface area contributed by atoms with Crippen molar-refractivity contribution in [3.63, 3.8) is 0 Å². The molecule has 6 heterocycles. The van der Waals surface area contributed by atoms with Crippen LogP contribution in [0.3, 0.4) is 0 Å². The summed E-state index contributed by atoms with van der Waals surface area (Å²) >= 11 is 0. The maximum atomic E-state index is 2.61. The fourth-order valence-electron chi connectivity index (χ4n) is 12.1. The molecule has 14 rings (SSSR count). The topological polar surface area (TPSA) is 17.0 Å². The average molecular weight is 855 g/mol. The lowest BCUT2D eigenvalue weighted by Gasteiger charge is -2.26. The van der Waals surface area contributed by atoms with Gasteiger partial charge in [-0.2, -0.15) is 0 Å². The lowest BCUT2D eigenvalue weighted by molar-refractivity contribution is 0.590. The summed E-state index contributed by atoms with van der Waals surface area (Å²) in [6.07, 6.45) is 1.04. The second-order valence-electron chi connectivity index (χ2n) is 22.7. The molecule has 0 aliphatic carbocycles. The summed E-state index contributed by atoms with van der Waals surface area (Å²) < 4.78 is 7.72. The third kappa shape index (κ3) is 5.00. The smallest absolute Gasteiger partial charge is 0.0620 e. The molecule has 4 heteroatoms. The van der Waals surface area contributed by atoms with E-state index in [4.69, 9.17) is 0 Å². The zero-order chi connectivity index (χ0) is 44.9. The Kier molecular flexibility index (Phi) is 7.21. The monoisotopic (exact) mass is 854 g/mol. The maximum Gasteiger partial charge on any atom is 0.0620 e. The van der Waals surface area contributed by atoms with E-state index in [1.54, 1.807) is 0 Å². The Morgan fingerprint density at radius 2 is 0.864 bits per heavy atom. The summed E-state index contributed by atoms with van der Waals surface area (Å²) in [6.45, 7) is 22.1. The molecule has 0 atom stereocenters. The highest BCUT2D eigenvalue weighted by Gasteiger charge is 2.29. The predicted octanol–water partition coefficient (Wildman–Crippen LogP) is 17.0. The standard InChI is InChI=1S/C62H54N4/c1-60(2,3)36-19-22-53-44(26-36)48-28-38(62(7,8)9)30-50-45-34-56-46(33-55(45)65(53)59(48)50)49-29-37(61(4,5)6)27-47-43-21-20-40(32-54(43)66(56)58(47)49)64(39-15-11-10-12-16-39)41-25-35-23-24-63-52-18-14-13-17-42(52)51(31-41)57(35)63/h10-22,25-34H,23-24H2,1-9H3. The SMILES string of the molecule is CC(C)(C)c1ccc2c(c1)c1cc(C(C)(C)C)cc3c4cc5c(cc4n2c13)c1cc(C(C)(C)C)cc2c3ccc(N(c4ccccc4)c4cc6c7c(c4)c4ccccc4n7CC6)cc3n5c21. The Hall–Kier alpha value is -7.04. The van der Waals surface area contributed by atoms with E-state index in [2.05, 4.69) is 220 Å². The number of aromatic nitrogens is 3. The third-order valence-corrected chi connectivity index (χ3v) is 15.5. The molecule has 0 spiro atoms. The fourth-order valence-corrected chi connectivity index (χ4v) is 12.1. The van der Waals surface area contributed by atoms with Gasteiger partial charge in [0.1, 0.15) is 0 Å². The molecule has 0 unspecified atom stereocenters. The molecule has 5 aromatic heterocycles. The predicted molar refractivity (Wildman–Crippen MR) is 283 cm³/mol. The van der Waals surface area contributed by atoms with E-state index < -0.39 is 0 Å². The minimum absolute atomic E-state index is 0.0102. The Morgan fingerprint density at radius 3 is 1.50 bits per heavy atom. The maximum absolute atomic E-state index is 2.61. The van der Waals surface area contributed by atoms with Crippen LogP contribution >= 0.6 is 0 Å². The number of anilines is 3. The largest absolute Gasteiger partial charge is 0.340 e. The van der Waals surface area contributed by atoms with Crippen LogP contribution in [0.2, 0.25) is 0 Å². The molecular weight excluding hydrogens is 801 g/mol. The van der Waals surface area contributed by atoms with Crippen molar-refractivity contribution in [1.82, 2.24) is 13.4 Å². The number of rotatable bonds is 3. The molecule has 13 aromatic rings. The highest BCUT2D eigenvalue weighted by molar-refractivity contribution is 6.29. The van der Waals surface area contributed by atoms with Crippen LogP contribution in [0, 0.1) is 0 Å². The lowest BCUT2D eigenvalue weighted by atomic mass is 9.84. The summed E-state index contributed by atoms with van der Waals surface area (Å²) in [6, 6.07) is 54.3. The molecule has 8 aromatic carbocycles. The molecule has 0 fully saturated rings. The second-order valence-corrected chi connectivity index (χ2v) is 22.7. The molecule has 0 saturated heterocycles. The van der Waals surface area contributed by atoms with Crippen LogP contribution in [-0.2, 0) is 29.2 Å². The van der Waals surface area contributed by atoms with Crippen LogP contribution in [0.4, 0.5) is 17.1 Å². The van der Waals surface area contributed by atoms with E-state index in [0.29, 0.717) is 0 Å². The van der Waals surface area contributed by atoms with E-state index in [1.807, 2.05) is 0 Å². The van der Waals surface area contributed by atoms with Gasteiger partial charge in [-0.1, -0.05) is 111 Å². The second kappa shape index (κ2) is 12.4. The first-order valence-corrected chi connectivity index (χ1v) is 24.0. The zero-order valence-corrected chi connectivity index (χ0v) is 39.5. The third-order valence-electron chi connectivity index (χ3n) is 15.5. The van der Waals surface area contributed by atoms with Gasteiger partial charge >= 0.3 is 0 Å². The van der Waals surface area contributed by atoms with E-state index in [-0.39, 0.29) is 16.2 Å². The van der Waals surface area contributed by atoms with Gasteiger partial charge in [0.2, 0.25) is 0 Å². The number of fused-ring (bicyclic) bond motifs is 15. The molecule has 0 N–H and O–H groups in total. The summed E-state index contributed by atoms with van der Waals surface area (Å²) in [4.78, 5) is 2.49. The summed E-state index contributed by atoms with van der Waals surface area (Å²) in [5.74, 6) is 0. The van der Waals surface area contributed by atoms with Crippen LogP contribution in [-0.4, -0.2) is 13.4 Å². The lowest BCUT2D eigenvalue weighted by Crippen LogP contribution is -2.11. The Bertz CT molecular complexity index is 4210. The van der Waals surface area contributed by atoms with E-state index in [1.165, 1.54) is 126 Å². The van der Waals surface area contributed by atoms with Gasteiger partial charge in [0.25, 0.3) is 0 Å². The molecule has 1 aliphatic heterocycles. The normalized spacial score (nSPS) is 14.0. The van der Waals surface area contributed by atoms with Crippen molar-refractivity contribution in [2.45, 2.75) is 91.5 Å². The average Bonchev–Trinajstić information content (AvgIpc) is 4.13. The number of para-hydroxylation sites is 2. The van der Waals surface area contributed by atoms with E-state index in [0.717, 1.165) is 24.3 Å².